The molecule has 0 bridgehead atoms. The highest BCUT2D eigenvalue weighted by atomic mass is 32.2. The van der Waals surface area contributed by atoms with E-state index >= 15 is 0 Å². The van der Waals surface area contributed by atoms with Crippen LogP contribution in [0.1, 0.15) is 38.5 Å². The first-order valence-corrected chi connectivity index (χ1v) is 11.7. The molecular weight excluding hydrogens is 366 g/mol. The van der Waals surface area contributed by atoms with Gasteiger partial charge in [0.1, 0.15) is 0 Å². The maximum absolute atomic E-state index is 12.3. The van der Waals surface area contributed by atoms with Crippen molar-refractivity contribution in [1.82, 2.24) is 4.90 Å². The minimum absolute atomic E-state index is 0.0622. The summed E-state index contributed by atoms with van der Waals surface area (Å²) >= 11 is 0. The summed E-state index contributed by atoms with van der Waals surface area (Å²) < 4.78 is 24.5. The summed E-state index contributed by atoms with van der Waals surface area (Å²) in [6, 6.07) is 4.20. The Morgan fingerprint density at radius 3 is 2.44 bits per heavy atom. The molecule has 1 aromatic carbocycles. The van der Waals surface area contributed by atoms with E-state index in [2.05, 4.69) is 9.80 Å². The van der Waals surface area contributed by atoms with Crippen LogP contribution >= 0.6 is 0 Å². The summed E-state index contributed by atoms with van der Waals surface area (Å²) in [6.07, 6.45) is 8.43. The molecule has 0 N–H and O–H groups in total. The molecule has 0 aromatic heterocycles. The number of likely N-dealkylation sites (tertiary alicyclic amines) is 1. The van der Waals surface area contributed by atoms with Gasteiger partial charge in [0, 0.05) is 38.0 Å². The van der Waals surface area contributed by atoms with Crippen molar-refractivity contribution < 1.29 is 13.3 Å². The third kappa shape index (κ3) is 5.19. The molecule has 1 atom stereocenters. The maximum Gasteiger partial charge on any atom is 0.270 e. The summed E-state index contributed by atoms with van der Waals surface area (Å²) in [4.78, 5) is 15.2. The van der Waals surface area contributed by atoms with Crippen LogP contribution in [0, 0.1) is 16.0 Å². The van der Waals surface area contributed by atoms with E-state index in [1.54, 1.807) is 6.07 Å². The number of sulfone groups is 1. The Kier molecular flexibility index (Phi) is 6.37. The molecule has 8 heteroatoms. The van der Waals surface area contributed by atoms with Gasteiger partial charge in [0.15, 0.2) is 9.84 Å². The Bertz CT molecular complexity index is 773. The lowest BCUT2D eigenvalue weighted by molar-refractivity contribution is -0.385. The number of benzene rings is 1. The first-order valence-electron chi connectivity index (χ1n) is 9.80. The molecule has 27 heavy (non-hydrogen) atoms. The summed E-state index contributed by atoms with van der Waals surface area (Å²) in [5.41, 5.74) is 0.418. The lowest BCUT2D eigenvalue weighted by Crippen LogP contribution is -2.41. The van der Waals surface area contributed by atoms with Gasteiger partial charge in [0.2, 0.25) is 0 Å². The largest absolute Gasteiger partial charge is 0.370 e. The van der Waals surface area contributed by atoms with Crippen LogP contribution in [0.4, 0.5) is 11.4 Å². The molecule has 1 aromatic rings. The predicted molar refractivity (Wildman–Crippen MR) is 106 cm³/mol. The van der Waals surface area contributed by atoms with Gasteiger partial charge in [-0.05, 0) is 50.8 Å². The van der Waals surface area contributed by atoms with Crippen molar-refractivity contribution in [2.45, 2.75) is 43.4 Å². The fourth-order valence-corrected chi connectivity index (χ4v) is 5.20. The topological polar surface area (TPSA) is 83.8 Å². The number of nitro benzene ring substituents is 1. The summed E-state index contributed by atoms with van der Waals surface area (Å²) in [6.45, 7) is 4.95. The second-order valence-corrected chi connectivity index (χ2v) is 9.83. The van der Waals surface area contributed by atoms with Crippen LogP contribution in [0.2, 0.25) is 0 Å². The molecule has 2 aliphatic rings. The molecule has 0 radical (unpaired) electrons. The normalized spacial score (nSPS) is 22.4. The number of piperidine rings is 1. The van der Waals surface area contributed by atoms with E-state index in [9.17, 15) is 18.5 Å². The molecule has 0 aliphatic carbocycles. The molecule has 150 valence electrons. The van der Waals surface area contributed by atoms with Crippen LogP contribution < -0.4 is 4.90 Å². The Morgan fingerprint density at radius 2 is 1.81 bits per heavy atom. The van der Waals surface area contributed by atoms with Crippen molar-refractivity contribution in [3.8, 4) is 0 Å². The molecule has 3 rings (SSSR count). The lowest BCUT2D eigenvalue weighted by Gasteiger charge is -2.37. The quantitative estimate of drug-likeness (QED) is 0.563. The van der Waals surface area contributed by atoms with E-state index in [1.165, 1.54) is 37.8 Å². The maximum atomic E-state index is 12.3. The van der Waals surface area contributed by atoms with Crippen LogP contribution in [0.3, 0.4) is 0 Å². The molecular formula is C19H29N3O4S. The predicted octanol–water partition coefficient (Wildman–Crippen LogP) is 3.09. The van der Waals surface area contributed by atoms with Gasteiger partial charge in [-0.25, -0.2) is 8.42 Å². The summed E-state index contributed by atoms with van der Waals surface area (Å²) in [5.74, 6) is 0.499. The lowest BCUT2D eigenvalue weighted by atomic mass is 9.96. The van der Waals surface area contributed by atoms with Crippen LogP contribution in [0.15, 0.2) is 23.1 Å². The van der Waals surface area contributed by atoms with E-state index in [0.29, 0.717) is 11.6 Å². The average molecular weight is 396 g/mol. The number of rotatable bonds is 5. The zero-order valence-corrected chi connectivity index (χ0v) is 16.8. The van der Waals surface area contributed by atoms with E-state index < -0.39 is 14.8 Å². The third-order valence-corrected chi connectivity index (χ3v) is 6.75. The molecule has 1 unspecified atom stereocenters. The van der Waals surface area contributed by atoms with Crippen LogP contribution in [-0.4, -0.2) is 57.2 Å². The number of hydrogen-bond donors (Lipinski definition) is 0. The smallest absolute Gasteiger partial charge is 0.270 e. The Balaban J connectivity index is 1.78. The van der Waals surface area contributed by atoms with Gasteiger partial charge in [-0.2, -0.15) is 0 Å². The highest BCUT2D eigenvalue weighted by molar-refractivity contribution is 7.90. The van der Waals surface area contributed by atoms with Gasteiger partial charge < -0.3 is 9.80 Å². The fraction of sp³-hybridized carbons (Fsp3) is 0.684. The zero-order valence-electron chi connectivity index (χ0n) is 16.0. The molecule has 0 amide bonds. The van der Waals surface area contributed by atoms with Crippen LogP contribution in [0.5, 0.6) is 0 Å². The molecule has 2 fully saturated rings. The number of nitrogens with zero attached hydrogens (tertiary/aromatic N) is 3. The fourth-order valence-electron chi connectivity index (χ4n) is 4.29. The SMILES string of the molecule is CS(=O)(=O)c1cc([N+](=O)[O-])ccc1N1CCCC(CN2CCCCCC2)C1. The van der Waals surface area contributed by atoms with E-state index in [0.717, 1.165) is 51.8 Å². The molecule has 7 nitrogen and oxygen atoms in total. The minimum atomic E-state index is -3.54. The van der Waals surface area contributed by atoms with E-state index in [1.807, 2.05) is 0 Å². The summed E-state index contributed by atoms with van der Waals surface area (Å²) in [7, 11) is -3.54. The van der Waals surface area contributed by atoms with Gasteiger partial charge in [-0.3, -0.25) is 10.1 Å². The van der Waals surface area contributed by atoms with Crippen molar-refractivity contribution in [2.24, 2.45) is 5.92 Å². The monoisotopic (exact) mass is 395 g/mol. The van der Waals surface area contributed by atoms with Crippen molar-refractivity contribution in [2.75, 3.05) is 43.9 Å². The molecule has 0 spiro atoms. The third-order valence-electron chi connectivity index (χ3n) is 5.63. The number of hydrogen-bond acceptors (Lipinski definition) is 6. The second-order valence-electron chi connectivity index (χ2n) is 7.85. The Hall–Kier alpha value is -1.67. The van der Waals surface area contributed by atoms with Gasteiger partial charge in [0.25, 0.3) is 5.69 Å². The minimum Gasteiger partial charge on any atom is -0.370 e. The molecule has 2 saturated heterocycles. The van der Waals surface area contributed by atoms with Crippen molar-refractivity contribution >= 4 is 21.2 Å². The van der Waals surface area contributed by atoms with Crippen molar-refractivity contribution in [3.05, 3.63) is 28.3 Å². The van der Waals surface area contributed by atoms with Crippen LogP contribution in [-0.2, 0) is 9.84 Å². The molecule has 0 saturated carbocycles. The highest BCUT2D eigenvalue weighted by Gasteiger charge is 2.27. The first kappa shape index (κ1) is 20.1. The Morgan fingerprint density at radius 1 is 1.11 bits per heavy atom. The standard InChI is InChI=1S/C19H29N3O4S/c1-27(25,26)19-13-17(22(23)24)8-9-18(19)21-12-6-7-16(15-21)14-20-10-4-2-3-5-11-20/h8-9,13,16H,2-7,10-12,14-15H2,1H3. The molecule has 2 heterocycles. The van der Waals surface area contributed by atoms with Crippen molar-refractivity contribution in [1.29, 1.82) is 0 Å². The van der Waals surface area contributed by atoms with Gasteiger partial charge in [0.05, 0.1) is 15.5 Å². The number of anilines is 1. The molecule has 2 aliphatic heterocycles. The van der Waals surface area contributed by atoms with E-state index in [4.69, 9.17) is 0 Å². The van der Waals surface area contributed by atoms with E-state index in [-0.39, 0.29) is 10.6 Å². The summed E-state index contributed by atoms with van der Waals surface area (Å²) in [5, 5.41) is 11.1. The van der Waals surface area contributed by atoms with Gasteiger partial charge >= 0.3 is 0 Å². The van der Waals surface area contributed by atoms with Crippen LogP contribution in [0.25, 0.3) is 0 Å². The van der Waals surface area contributed by atoms with Gasteiger partial charge in [-0.1, -0.05) is 12.8 Å². The number of non-ortho nitro benzene ring substituents is 1. The first-order chi connectivity index (χ1) is 12.8. The van der Waals surface area contributed by atoms with Gasteiger partial charge in [-0.15, -0.1) is 0 Å². The number of nitro groups is 1. The highest BCUT2D eigenvalue weighted by Crippen LogP contribution is 2.32. The Labute approximate surface area is 161 Å². The zero-order chi connectivity index (χ0) is 19.4. The average Bonchev–Trinajstić information content (AvgIpc) is 2.89. The van der Waals surface area contributed by atoms with Crippen molar-refractivity contribution in [3.63, 3.8) is 0 Å². The second kappa shape index (κ2) is 8.56.